The van der Waals surface area contributed by atoms with Crippen molar-refractivity contribution in [3.05, 3.63) is 10.4 Å². The predicted molar refractivity (Wildman–Crippen MR) is 73.3 cm³/mol. The van der Waals surface area contributed by atoms with Crippen molar-refractivity contribution in [3.8, 4) is 12.1 Å². The van der Waals surface area contributed by atoms with Crippen molar-refractivity contribution in [2.75, 3.05) is 23.7 Å². The molecule has 0 bridgehead atoms. The number of thiophene rings is 1. The molecule has 5 heteroatoms. The lowest BCUT2D eigenvalue weighted by atomic mass is 9.95. The zero-order chi connectivity index (χ0) is 13.3. The van der Waals surface area contributed by atoms with Gasteiger partial charge in [-0.25, -0.2) is 0 Å². The summed E-state index contributed by atoms with van der Waals surface area (Å²) in [5.74, 6) is 1.30. The van der Waals surface area contributed by atoms with Gasteiger partial charge < -0.3 is 10.6 Å². The molecule has 4 nitrogen and oxygen atoms in total. The van der Waals surface area contributed by atoms with Crippen molar-refractivity contribution >= 4 is 22.0 Å². The zero-order valence-corrected chi connectivity index (χ0v) is 11.4. The Morgan fingerprint density at radius 1 is 1.39 bits per heavy atom. The van der Waals surface area contributed by atoms with Gasteiger partial charge in [0, 0.05) is 13.1 Å². The second-order valence-corrected chi connectivity index (χ2v) is 5.99. The minimum absolute atomic E-state index is 0.341. The average molecular weight is 260 g/mol. The summed E-state index contributed by atoms with van der Waals surface area (Å²) >= 11 is 1.34. The summed E-state index contributed by atoms with van der Waals surface area (Å²) in [7, 11) is 0. The van der Waals surface area contributed by atoms with E-state index in [0.717, 1.165) is 24.5 Å². The summed E-state index contributed by atoms with van der Waals surface area (Å²) in [6, 6.07) is 4.20. The quantitative estimate of drug-likeness (QED) is 0.886. The minimum atomic E-state index is 0.341. The highest BCUT2D eigenvalue weighted by atomic mass is 32.1. The summed E-state index contributed by atoms with van der Waals surface area (Å²) in [5.41, 5.74) is 6.64. The smallest absolute Gasteiger partial charge is 0.131 e. The van der Waals surface area contributed by atoms with Crippen molar-refractivity contribution in [2.45, 2.75) is 20.3 Å². The lowest BCUT2D eigenvalue weighted by Crippen LogP contribution is -2.21. The number of anilines is 2. The SMILES string of the molecule is CC(C)C1CCN(c2sc(C#N)c(N)c2C#N)C1. The van der Waals surface area contributed by atoms with Crippen molar-refractivity contribution in [1.29, 1.82) is 10.5 Å². The summed E-state index contributed by atoms with van der Waals surface area (Å²) < 4.78 is 0. The molecule has 94 valence electrons. The van der Waals surface area contributed by atoms with Crippen LogP contribution in [0.2, 0.25) is 0 Å². The molecule has 0 aliphatic carbocycles. The van der Waals surface area contributed by atoms with E-state index in [1.807, 2.05) is 0 Å². The molecular weight excluding hydrogens is 244 g/mol. The summed E-state index contributed by atoms with van der Waals surface area (Å²) in [6.07, 6.45) is 1.14. The van der Waals surface area contributed by atoms with Crippen LogP contribution in [0.1, 0.15) is 30.7 Å². The third-order valence-corrected chi connectivity index (χ3v) is 4.77. The molecule has 0 saturated carbocycles. The van der Waals surface area contributed by atoms with Gasteiger partial charge in [-0.1, -0.05) is 13.8 Å². The molecule has 0 spiro atoms. The number of nitrogen functional groups attached to an aromatic ring is 1. The number of hydrogen-bond acceptors (Lipinski definition) is 5. The first kappa shape index (κ1) is 12.7. The van der Waals surface area contributed by atoms with Crippen LogP contribution in [0.15, 0.2) is 0 Å². The summed E-state index contributed by atoms with van der Waals surface area (Å²) in [4.78, 5) is 2.65. The van der Waals surface area contributed by atoms with Crippen LogP contribution >= 0.6 is 11.3 Å². The molecule has 2 N–H and O–H groups in total. The van der Waals surface area contributed by atoms with Gasteiger partial charge in [-0.2, -0.15) is 10.5 Å². The Bertz CT molecular complexity index is 532. The maximum absolute atomic E-state index is 9.18. The number of nitrogens with two attached hydrogens (primary N) is 1. The normalized spacial score (nSPS) is 18.9. The molecule has 1 unspecified atom stereocenters. The van der Waals surface area contributed by atoms with E-state index >= 15 is 0 Å². The third kappa shape index (κ3) is 2.02. The van der Waals surface area contributed by atoms with Crippen LogP contribution in [0.25, 0.3) is 0 Å². The summed E-state index contributed by atoms with van der Waals surface area (Å²) in [5, 5.41) is 19.0. The van der Waals surface area contributed by atoms with Gasteiger partial charge in [0.1, 0.15) is 27.6 Å². The maximum Gasteiger partial charge on any atom is 0.131 e. The number of rotatable bonds is 2. The maximum atomic E-state index is 9.18. The van der Waals surface area contributed by atoms with Crippen LogP contribution in [-0.2, 0) is 0 Å². The van der Waals surface area contributed by atoms with E-state index in [0.29, 0.717) is 28.0 Å². The van der Waals surface area contributed by atoms with Gasteiger partial charge >= 0.3 is 0 Å². The summed E-state index contributed by atoms with van der Waals surface area (Å²) in [6.45, 7) is 6.35. The van der Waals surface area contributed by atoms with Gasteiger partial charge in [-0.3, -0.25) is 0 Å². The van der Waals surface area contributed by atoms with Crippen molar-refractivity contribution in [2.24, 2.45) is 11.8 Å². The van der Waals surface area contributed by atoms with Gasteiger partial charge in [-0.15, -0.1) is 11.3 Å². The van der Waals surface area contributed by atoms with E-state index in [2.05, 4.69) is 30.9 Å². The van der Waals surface area contributed by atoms with Gasteiger partial charge in [0.15, 0.2) is 0 Å². The molecule has 1 aliphatic heterocycles. The molecule has 0 radical (unpaired) electrons. The molecule has 2 heterocycles. The van der Waals surface area contributed by atoms with Gasteiger partial charge in [-0.05, 0) is 18.3 Å². The lowest BCUT2D eigenvalue weighted by molar-refractivity contribution is 0.423. The van der Waals surface area contributed by atoms with Crippen molar-refractivity contribution < 1.29 is 0 Å². The molecule has 1 aromatic heterocycles. The Hall–Kier alpha value is -1.72. The highest BCUT2D eigenvalue weighted by Crippen LogP contribution is 2.40. The molecule has 1 atom stereocenters. The van der Waals surface area contributed by atoms with Crippen LogP contribution in [-0.4, -0.2) is 13.1 Å². The molecular formula is C13H16N4S. The topological polar surface area (TPSA) is 76.8 Å². The fraction of sp³-hybridized carbons (Fsp3) is 0.538. The van der Waals surface area contributed by atoms with Gasteiger partial charge in [0.25, 0.3) is 0 Å². The molecule has 1 saturated heterocycles. The van der Waals surface area contributed by atoms with Crippen LogP contribution < -0.4 is 10.6 Å². The molecule has 1 fully saturated rings. The van der Waals surface area contributed by atoms with Crippen molar-refractivity contribution in [1.82, 2.24) is 0 Å². The lowest BCUT2D eigenvalue weighted by Gasteiger charge is -2.18. The highest BCUT2D eigenvalue weighted by Gasteiger charge is 2.29. The van der Waals surface area contributed by atoms with Gasteiger partial charge in [0.05, 0.1) is 5.69 Å². The second kappa shape index (κ2) is 4.88. The minimum Gasteiger partial charge on any atom is -0.396 e. The Labute approximate surface area is 111 Å². The predicted octanol–water partition coefficient (Wildman–Crippen LogP) is 2.56. The molecule has 2 rings (SSSR count). The molecule has 0 amide bonds. The highest BCUT2D eigenvalue weighted by molar-refractivity contribution is 7.17. The Morgan fingerprint density at radius 2 is 2.11 bits per heavy atom. The monoisotopic (exact) mass is 260 g/mol. The van der Waals surface area contributed by atoms with Crippen LogP contribution in [0, 0.1) is 34.5 Å². The number of hydrogen-bond donors (Lipinski definition) is 1. The molecule has 1 aliphatic rings. The van der Waals surface area contributed by atoms with E-state index in [1.165, 1.54) is 11.3 Å². The van der Waals surface area contributed by atoms with E-state index in [9.17, 15) is 5.26 Å². The molecule has 0 aromatic carbocycles. The fourth-order valence-corrected chi connectivity index (χ4v) is 3.36. The Balaban J connectivity index is 2.31. The first-order chi connectivity index (χ1) is 8.58. The van der Waals surface area contributed by atoms with E-state index in [1.54, 1.807) is 0 Å². The number of nitrogens with zero attached hydrogens (tertiary/aromatic N) is 3. The molecule has 18 heavy (non-hydrogen) atoms. The fourth-order valence-electron chi connectivity index (χ4n) is 2.36. The van der Waals surface area contributed by atoms with Crippen LogP contribution in [0.3, 0.4) is 0 Å². The Kier molecular flexibility index (Phi) is 3.45. The van der Waals surface area contributed by atoms with E-state index < -0.39 is 0 Å². The third-order valence-electron chi connectivity index (χ3n) is 3.59. The first-order valence-electron chi connectivity index (χ1n) is 6.05. The van der Waals surface area contributed by atoms with E-state index in [4.69, 9.17) is 11.0 Å². The van der Waals surface area contributed by atoms with Crippen LogP contribution in [0.4, 0.5) is 10.7 Å². The first-order valence-corrected chi connectivity index (χ1v) is 6.87. The average Bonchev–Trinajstić information content (AvgIpc) is 2.93. The second-order valence-electron chi connectivity index (χ2n) is 4.99. The van der Waals surface area contributed by atoms with Crippen LogP contribution in [0.5, 0.6) is 0 Å². The molecule has 1 aromatic rings. The zero-order valence-electron chi connectivity index (χ0n) is 10.6. The number of nitriles is 2. The van der Waals surface area contributed by atoms with Crippen molar-refractivity contribution in [3.63, 3.8) is 0 Å². The Morgan fingerprint density at radius 3 is 2.61 bits per heavy atom. The largest absolute Gasteiger partial charge is 0.396 e. The van der Waals surface area contributed by atoms with Gasteiger partial charge in [0.2, 0.25) is 0 Å². The standard InChI is InChI=1S/C13H16N4S/c1-8(2)9-3-4-17(7-9)13-10(5-14)12(16)11(6-15)18-13/h8-9H,3-4,7,16H2,1-2H3. The van der Waals surface area contributed by atoms with E-state index in [-0.39, 0.29) is 0 Å².